The molecule has 0 spiro atoms. The predicted molar refractivity (Wildman–Crippen MR) is 104 cm³/mol. The van der Waals surface area contributed by atoms with E-state index in [9.17, 15) is 18.5 Å². The Labute approximate surface area is 166 Å². The van der Waals surface area contributed by atoms with E-state index in [0.717, 1.165) is 8.98 Å². The summed E-state index contributed by atoms with van der Waals surface area (Å²) in [4.78, 5) is 11.8. The molecule has 0 fully saturated rings. The van der Waals surface area contributed by atoms with Gasteiger partial charge in [-0.15, -0.1) is 0 Å². The molecular formula is C18H17N3O5S2. The van der Waals surface area contributed by atoms with Crippen LogP contribution in [-0.2, 0) is 10.0 Å². The molecule has 3 rings (SSSR count). The first-order valence-corrected chi connectivity index (χ1v) is 10.4. The van der Waals surface area contributed by atoms with Gasteiger partial charge in [0.25, 0.3) is 15.7 Å². The van der Waals surface area contributed by atoms with E-state index in [4.69, 9.17) is 4.74 Å². The fraction of sp³-hybridized carbons (Fsp3) is 0.167. The molecule has 0 amide bonds. The summed E-state index contributed by atoms with van der Waals surface area (Å²) in [5.74, 6) is 0.557. The summed E-state index contributed by atoms with van der Waals surface area (Å²) in [5.41, 5.74) is 1.02. The lowest BCUT2D eigenvalue weighted by Crippen LogP contribution is -2.16. The van der Waals surface area contributed by atoms with Gasteiger partial charge >= 0.3 is 0 Å². The molecule has 28 heavy (non-hydrogen) atoms. The Morgan fingerprint density at radius 2 is 1.68 bits per heavy atom. The van der Waals surface area contributed by atoms with Gasteiger partial charge in [-0.1, -0.05) is 11.8 Å². The van der Waals surface area contributed by atoms with Crippen LogP contribution in [0.25, 0.3) is 0 Å². The molecule has 8 nitrogen and oxygen atoms in total. The second kappa shape index (κ2) is 7.64. The zero-order valence-electron chi connectivity index (χ0n) is 15.3. The Bertz CT molecular complexity index is 1120. The summed E-state index contributed by atoms with van der Waals surface area (Å²) in [7, 11) is -2.35. The Morgan fingerprint density at radius 1 is 1.07 bits per heavy atom. The Balaban J connectivity index is 1.95. The summed E-state index contributed by atoms with van der Waals surface area (Å²) in [5, 5.41) is 15.0. The minimum Gasteiger partial charge on any atom is -0.497 e. The minimum absolute atomic E-state index is 0.00410. The molecule has 0 N–H and O–H groups in total. The summed E-state index contributed by atoms with van der Waals surface area (Å²) in [6, 6.07) is 12.1. The van der Waals surface area contributed by atoms with Crippen molar-refractivity contribution in [1.29, 1.82) is 0 Å². The number of aromatic nitrogens is 2. The van der Waals surface area contributed by atoms with Gasteiger partial charge in [-0.3, -0.25) is 10.1 Å². The van der Waals surface area contributed by atoms with E-state index < -0.39 is 14.9 Å². The number of hydrogen-bond donors (Lipinski definition) is 0. The number of methoxy groups -OCH3 is 1. The molecule has 2 aromatic carbocycles. The van der Waals surface area contributed by atoms with Crippen LogP contribution in [0.3, 0.4) is 0 Å². The van der Waals surface area contributed by atoms with Crippen molar-refractivity contribution in [3.8, 4) is 5.75 Å². The first-order valence-electron chi connectivity index (χ1n) is 8.12. The highest BCUT2D eigenvalue weighted by Crippen LogP contribution is 2.34. The van der Waals surface area contributed by atoms with Gasteiger partial charge in [-0.2, -0.15) is 17.6 Å². The van der Waals surface area contributed by atoms with Gasteiger partial charge in [0.05, 0.1) is 33.2 Å². The third-order valence-corrected chi connectivity index (χ3v) is 7.02. The van der Waals surface area contributed by atoms with Crippen molar-refractivity contribution in [2.75, 3.05) is 7.11 Å². The van der Waals surface area contributed by atoms with Crippen LogP contribution < -0.4 is 4.74 Å². The highest BCUT2D eigenvalue weighted by molar-refractivity contribution is 7.99. The van der Waals surface area contributed by atoms with Gasteiger partial charge in [0.1, 0.15) is 5.75 Å². The van der Waals surface area contributed by atoms with Crippen molar-refractivity contribution in [3.63, 3.8) is 0 Å². The highest BCUT2D eigenvalue weighted by atomic mass is 32.2. The molecule has 0 radical (unpaired) electrons. The number of ether oxygens (including phenoxy) is 1. The van der Waals surface area contributed by atoms with Crippen molar-refractivity contribution in [2.24, 2.45) is 0 Å². The summed E-state index contributed by atoms with van der Waals surface area (Å²) in [6.07, 6.45) is 0. The molecule has 1 aromatic heterocycles. The number of nitro groups is 1. The van der Waals surface area contributed by atoms with Gasteiger partial charge < -0.3 is 4.74 Å². The number of rotatable bonds is 6. The largest absolute Gasteiger partial charge is 0.497 e. The third kappa shape index (κ3) is 3.73. The predicted octanol–water partition coefficient (Wildman–Crippen LogP) is 3.80. The molecule has 0 saturated carbocycles. The Hall–Kier alpha value is -2.85. The maximum absolute atomic E-state index is 13.0. The number of aryl methyl sites for hydroxylation is 1. The molecule has 0 aliphatic carbocycles. The zero-order valence-corrected chi connectivity index (χ0v) is 17.0. The van der Waals surface area contributed by atoms with E-state index in [1.54, 1.807) is 38.1 Å². The normalized spacial score (nSPS) is 11.4. The maximum atomic E-state index is 13.0. The van der Waals surface area contributed by atoms with Crippen molar-refractivity contribution in [2.45, 2.75) is 28.5 Å². The number of hydrogen-bond acceptors (Lipinski definition) is 7. The first-order chi connectivity index (χ1) is 13.2. The van der Waals surface area contributed by atoms with E-state index in [2.05, 4.69) is 5.10 Å². The molecule has 0 aliphatic rings. The van der Waals surface area contributed by atoms with Crippen molar-refractivity contribution in [3.05, 3.63) is 70.0 Å². The van der Waals surface area contributed by atoms with Crippen LogP contribution in [0.5, 0.6) is 5.75 Å². The van der Waals surface area contributed by atoms with Gasteiger partial charge in [-0.25, -0.2) is 0 Å². The Kier molecular flexibility index (Phi) is 5.43. The molecular weight excluding hydrogens is 402 g/mol. The van der Waals surface area contributed by atoms with Crippen LogP contribution in [-0.4, -0.2) is 29.6 Å². The lowest BCUT2D eigenvalue weighted by molar-refractivity contribution is -0.384. The van der Waals surface area contributed by atoms with E-state index in [1.807, 2.05) is 0 Å². The quantitative estimate of drug-likeness (QED) is 0.442. The van der Waals surface area contributed by atoms with Crippen LogP contribution >= 0.6 is 11.8 Å². The van der Waals surface area contributed by atoms with Crippen LogP contribution in [0.1, 0.15) is 11.4 Å². The third-order valence-electron chi connectivity index (χ3n) is 4.04. The number of benzene rings is 2. The molecule has 146 valence electrons. The number of nitrogens with zero attached hydrogens (tertiary/aromatic N) is 3. The smallest absolute Gasteiger partial charge is 0.283 e. The maximum Gasteiger partial charge on any atom is 0.283 e. The molecule has 10 heteroatoms. The van der Waals surface area contributed by atoms with Crippen LogP contribution in [0.15, 0.2) is 63.2 Å². The number of nitro benzene ring substituents is 1. The first kappa shape index (κ1) is 19.9. The molecule has 1 heterocycles. The Morgan fingerprint density at radius 3 is 2.21 bits per heavy atom. The van der Waals surface area contributed by atoms with Crippen LogP contribution in [0, 0.1) is 24.0 Å². The van der Waals surface area contributed by atoms with Crippen LogP contribution in [0.2, 0.25) is 0 Å². The molecule has 3 aromatic rings. The van der Waals surface area contributed by atoms with Gasteiger partial charge in [0.2, 0.25) is 0 Å². The van der Waals surface area contributed by atoms with Crippen LogP contribution in [0.4, 0.5) is 5.69 Å². The lowest BCUT2D eigenvalue weighted by atomic mass is 10.3. The lowest BCUT2D eigenvalue weighted by Gasteiger charge is -2.08. The minimum atomic E-state index is -3.86. The fourth-order valence-corrected chi connectivity index (χ4v) is 4.94. The van der Waals surface area contributed by atoms with Gasteiger partial charge in [0, 0.05) is 17.0 Å². The van der Waals surface area contributed by atoms with E-state index in [-0.39, 0.29) is 10.6 Å². The number of non-ortho nitro benzene ring substituents is 1. The average Bonchev–Trinajstić information content (AvgIpc) is 2.97. The highest BCUT2D eigenvalue weighted by Gasteiger charge is 2.24. The second-order valence-corrected chi connectivity index (χ2v) is 8.73. The topological polar surface area (TPSA) is 104 Å². The molecule has 0 bridgehead atoms. The summed E-state index contributed by atoms with van der Waals surface area (Å²) >= 11 is 1.31. The summed E-state index contributed by atoms with van der Waals surface area (Å²) < 4.78 is 32.0. The van der Waals surface area contributed by atoms with Gasteiger partial charge in [0.15, 0.2) is 0 Å². The average molecular weight is 419 g/mol. The molecule has 0 saturated heterocycles. The molecule has 0 atom stereocenters. The molecule has 0 aliphatic heterocycles. The van der Waals surface area contributed by atoms with Crippen molar-refractivity contribution in [1.82, 2.24) is 9.19 Å². The van der Waals surface area contributed by atoms with E-state index in [0.29, 0.717) is 22.0 Å². The monoisotopic (exact) mass is 419 g/mol. The standard InChI is InChI=1S/C18H17N3O5S2/c1-12-18(27-16-8-4-14(5-9-16)21(22)23)13(2)20(19-12)28(24,25)17-10-6-15(26-3)7-11-17/h4-11H,1-3H3. The summed E-state index contributed by atoms with van der Waals surface area (Å²) in [6.45, 7) is 3.40. The second-order valence-electron chi connectivity index (χ2n) is 5.88. The molecule has 0 unspecified atom stereocenters. The van der Waals surface area contributed by atoms with E-state index >= 15 is 0 Å². The van der Waals surface area contributed by atoms with E-state index in [1.165, 1.54) is 43.1 Å². The SMILES string of the molecule is COc1ccc(S(=O)(=O)n2nc(C)c(Sc3ccc([N+](=O)[O-])cc3)c2C)cc1. The fourth-order valence-electron chi connectivity index (χ4n) is 2.59. The van der Waals surface area contributed by atoms with Gasteiger partial charge in [-0.05, 0) is 50.2 Å². The zero-order chi connectivity index (χ0) is 20.5. The van der Waals surface area contributed by atoms with Crippen molar-refractivity contribution < 1.29 is 18.1 Å². The van der Waals surface area contributed by atoms with Crippen molar-refractivity contribution >= 4 is 27.5 Å².